The zero-order chi connectivity index (χ0) is 26.0. The number of rotatable bonds is 12. The third kappa shape index (κ3) is 9.87. The van der Waals surface area contributed by atoms with Crippen LogP contribution in [0.4, 0.5) is 0 Å². The molecule has 0 bridgehead atoms. The number of hydrogen-bond acceptors (Lipinski definition) is 5. The fourth-order valence-corrected chi connectivity index (χ4v) is 4.63. The molecule has 0 saturated heterocycles. The molecular formula is C32H35Cl3N4O2. The second-order valence-corrected chi connectivity index (χ2v) is 9.41. The lowest BCUT2D eigenvalue weighted by Gasteiger charge is -2.22. The number of ether oxygens (including phenoxy) is 1. The monoisotopic (exact) mass is 612 g/mol. The highest BCUT2D eigenvalue weighted by atomic mass is 35.5. The highest BCUT2D eigenvalue weighted by molar-refractivity contribution is 5.86. The topological polar surface area (TPSA) is 60.2 Å². The van der Waals surface area contributed by atoms with E-state index in [1.54, 1.807) is 6.07 Å². The first-order chi connectivity index (χ1) is 18.7. The van der Waals surface area contributed by atoms with Gasteiger partial charge in [-0.1, -0.05) is 36.4 Å². The smallest absolute Gasteiger partial charge is 0.251 e. The summed E-state index contributed by atoms with van der Waals surface area (Å²) in [5, 5.41) is 0.994. The summed E-state index contributed by atoms with van der Waals surface area (Å²) in [7, 11) is 0. The molecule has 9 heteroatoms. The van der Waals surface area contributed by atoms with Crippen LogP contribution in [0.15, 0.2) is 115 Å². The number of halogens is 3. The van der Waals surface area contributed by atoms with Gasteiger partial charge in [0, 0.05) is 55.9 Å². The number of pyridine rings is 3. The van der Waals surface area contributed by atoms with Crippen LogP contribution < -0.4 is 10.3 Å². The van der Waals surface area contributed by atoms with Crippen molar-refractivity contribution in [3.8, 4) is 5.75 Å². The Bertz CT molecular complexity index is 1500. The summed E-state index contributed by atoms with van der Waals surface area (Å²) in [4.78, 5) is 23.4. The third-order valence-corrected chi connectivity index (χ3v) is 6.63. The molecule has 3 aromatic heterocycles. The van der Waals surface area contributed by atoms with Crippen LogP contribution in [0.5, 0.6) is 5.75 Å². The van der Waals surface area contributed by atoms with Crippen LogP contribution >= 0.6 is 37.2 Å². The van der Waals surface area contributed by atoms with Gasteiger partial charge in [-0.2, -0.15) is 0 Å². The molecule has 5 rings (SSSR count). The van der Waals surface area contributed by atoms with Crippen molar-refractivity contribution in [2.75, 3.05) is 19.7 Å². The van der Waals surface area contributed by atoms with Crippen LogP contribution in [0.25, 0.3) is 10.9 Å². The van der Waals surface area contributed by atoms with E-state index in [1.165, 1.54) is 11.1 Å². The van der Waals surface area contributed by atoms with Crippen molar-refractivity contribution < 1.29 is 4.74 Å². The van der Waals surface area contributed by atoms with Crippen molar-refractivity contribution in [2.24, 2.45) is 0 Å². The van der Waals surface area contributed by atoms with Crippen LogP contribution in [0.1, 0.15) is 23.1 Å². The molecule has 6 nitrogen and oxygen atoms in total. The molecule has 0 fully saturated rings. The normalized spacial score (nSPS) is 10.4. The SMILES string of the molecule is Cl.Cl.Cl.O=c1ccc2cc(OCCCN(CCc3cccnc3)Cc3ccncc3)ccc2n1Cc1ccccc1. The molecule has 0 aliphatic rings. The lowest BCUT2D eigenvalue weighted by molar-refractivity contribution is 0.230. The van der Waals surface area contributed by atoms with Gasteiger partial charge in [-0.15, -0.1) is 37.2 Å². The van der Waals surface area contributed by atoms with Crippen LogP contribution in [-0.4, -0.2) is 39.1 Å². The van der Waals surface area contributed by atoms with Gasteiger partial charge in [-0.05, 0) is 72.0 Å². The summed E-state index contributed by atoms with van der Waals surface area (Å²) in [5.41, 5.74) is 4.50. The van der Waals surface area contributed by atoms with E-state index in [4.69, 9.17) is 4.74 Å². The molecule has 0 saturated carbocycles. The molecule has 0 amide bonds. The largest absolute Gasteiger partial charge is 0.494 e. The second kappa shape index (κ2) is 17.4. The van der Waals surface area contributed by atoms with E-state index in [-0.39, 0.29) is 42.8 Å². The predicted molar refractivity (Wildman–Crippen MR) is 173 cm³/mol. The quantitative estimate of drug-likeness (QED) is 0.148. The standard InChI is InChI=1S/C32H32N4O2.3ClH/c37-32-12-9-29-22-30(10-11-31(29)36(32)25-27-6-2-1-3-7-27)38-21-5-19-35(24-28-13-17-33-18-14-28)20-15-26-8-4-16-34-23-26;;;/h1-4,6-14,16-18,22-23H,5,15,19-21,24-25H2;3*1H. The Labute approximate surface area is 259 Å². The van der Waals surface area contributed by atoms with E-state index in [2.05, 4.69) is 33.1 Å². The van der Waals surface area contributed by atoms with Crippen molar-refractivity contribution in [3.05, 3.63) is 137 Å². The zero-order valence-corrected chi connectivity index (χ0v) is 25.1. The molecular weight excluding hydrogens is 579 g/mol. The average molecular weight is 614 g/mol. The summed E-state index contributed by atoms with van der Waals surface area (Å²) in [6.45, 7) is 3.91. The molecule has 0 atom stereocenters. The van der Waals surface area contributed by atoms with E-state index >= 15 is 0 Å². The summed E-state index contributed by atoms with van der Waals surface area (Å²) in [6.07, 6.45) is 9.30. The number of aromatic nitrogens is 3. The van der Waals surface area contributed by atoms with Crippen molar-refractivity contribution in [3.63, 3.8) is 0 Å². The summed E-state index contributed by atoms with van der Waals surface area (Å²) in [6, 6.07) is 27.8. The van der Waals surface area contributed by atoms with Crippen molar-refractivity contribution in [1.82, 2.24) is 19.4 Å². The first kappa shape index (κ1) is 33.8. The Balaban J connectivity index is 0.00000196. The van der Waals surface area contributed by atoms with Gasteiger partial charge in [-0.25, -0.2) is 0 Å². The molecule has 5 aromatic rings. The molecule has 41 heavy (non-hydrogen) atoms. The molecule has 0 aliphatic heterocycles. The maximum Gasteiger partial charge on any atom is 0.251 e. The van der Waals surface area contributed by atoms with E-state index in [1.807, 2.05) is 90.0 Å². The third-order valence-electron chi connectivity index (χ3n) is 6.63. The number of hydrogen-bond donors (Lipinski definition) is 0. The van der Waals surface area contributed by atoms with Gasteiger partial charge in [0.15, 0.2) is 0 Å². The van der Waals surface area contributed by atoms with Gasteiger partial charge < -0.3 is 9.30 Å². The van der Waals surface area contributed by atoms with Crippen molar-refractivity contribution >= 4 is 48.1 Å². The molecule has 0 N–H and O–H groups in total. The lowest BCUT2D eigenvalue weighted by Crippen LogP contribution is -2.28. The Morgan fingerprint density at radius 1 is 0.732 bits per heavy atom. The fourth-order valence-electron chi connectivity index (χ4n) is 4.63. The van der Waals surface area contributed by atoms with Gasteiger partial charge in [-0.3, -0.25) is 19.7 Å². The maximum absolute atomic E-state index is 12.6. The highest BCUT2D eigenvalue weighted by Crippen LogP contribution is 2.21. The number of nitrogens with zero attached hydrogens (tertiary/aromatic N) is 4. The van der Waals surface area contributed by atoms with Gasteiger partial charge >= 0.3 is 0 Å². The van der Waals surface area contributed by atoms with E-state index in [0.717, 1.165) is 54.7 Å². The van der Waals surface area contributed by atoms with Crippen molar-refractivity contribution in [2.45, 2.75) is 25.9 Å². The maximum atomic E-state index is 12.6. The molecule has 0 aliphatic carbocycles. The van der Waals surface area contributed by atoms with Crippen LogP contribution in [0.2, 0.25) is 0 Å². The van der Waals surface area contributed by atoms with Crippen LogP contribution in [0.3, 0.4) is 0 Å². The van der Waals surface area contributed by atoms with Gasteiger partial charge in [0.1, 0.15) is 5.75 Å². The summed E-state index contributed by atoms with van der Waals surface area (Å²) < 4.78 is 7.95. The van der Waals surface area contributed by atoms with E-state index in [9.17, 15) is 4.79 Å². The minimum absolute atomic E-state index is 0. The van der Waals surface area contributed by atoms with E-state index < -0.39 is 0 Å². The molecule has 0 unspecified atom stereocenters. The van der Waals surface area contributed by atoms with Crippen LogP contribution in [-0.2, 0) is 19.5 Å². The lowest BCUT2D eigenvalue weighted by atomic mass is 10.1. The first-order valence-corrected chi connectivity index (χ1v) is 13.0. The minimum atomic E-state index is -0.00408. The second-order valence-electron chi connectivity index (χ2n) is 9.41. The van der Waals surface area contributed by atoms with Gasteiger partial charge in [0.2, 0.25) is 0 Å². The van der Waals surface area contributed by atoms with E-state index in [0.29, 0.717) is 13.2 Å². The van der Waals surface area contributed by atoms with Gasteiger partial charge in [0.05, 0.1) is 18.7 Å². The Morgan fingerprint density at radius 2 is 1.51 bits per heavy atom. The Morgan fingerprint density at radius 3 is 2.27 bits per heavy atom. The van der Waals surface area contributed by atoms with Crippen LogP contribution in [0, 0.1) is 0 Å². The number of fused-ring (bicyclic) bond motifs is 1. The average Bonchev–Trinajstić information content (AvgIpc) is 2.97. The molecule has 0 spiro atoms. The highest BCUT2D eigenvalue weighted by Gasteiger charge is 2.09. The molecule has 2 aromatic carbocycles. The predicted octanol–water partition coefficient (Wildman–Crippen LogP) is 6.62. The zero-order valence-electron chi connectivity index (χ0n) is 22.7. The van der Waals surface area contributed by atoms with Gasteiger partial charge in [0.25, 0.3) is 5.56 Å². The molecule has 0 radical (unpaired) electrons. The Kier molecular flexibility index (Phi) is 14.3. The minimum Gasteiger partial charge on any atom is -0.494 e. The first-order valence-electron chi connectivity index (χ1n) is 13.0. The Hall–Kier alpha value is -3.42. The molecule has 216 valence electrons. The number of benzene rings is 2. The van der Waals surface area contributed by atoms with Crippen molar-refractivity contribution in [1.29, 1.82) is 0 Å². The summed E-state index contributed by atoms with van der Waals surface area (Å²) >= 11 is 0. The fraction of sp³-hybridized carbons (Fsp3) is 0.219. The summed E-state index contributed by atoms with van der Waals surface area (Å²) in [5.74, 6) is 0.818. The molecule has 3 heterocycles.